The molecule has 128 valence electrons. The largest absolute Gasteiger partial charge is 0.469 e. The van der Waals surface area contributed by atoms with E-state index in [1.54, 1.807) is 0 Å². The molecule has 0 saturated carbocycles. The lowest BCUT2D eigenvalue weighted by Crippen LogP contribution is -2.31. The molecule has 1 heterocycles. The number of benzene rings is 1. The van der Waals surface area contributed by atoms with Gasteiger partial charge < -0.3 is 10.1 Å². The van der Waals surface area contributed by atoms with Crippen LogP contribution in [0.2, 0.25) is 0 Å². The van der Waals surface area contributed by atoms with E-state index in [-0.39, 0.29) is 18.0 Å². The third-order valence-corrected chi connectivity index (χ3v) is 4.23. The van der Waals surface area contributed by atoms with Crippen LogP contribution in [0.4, 0.5) is 9.93 Å². The van der Waals surface area contributed by atoms with Gasteiger partial charge in [0.1, 0.15) is 5.01 Å². The standard InChI is InChI=1S/C16H20N4O3S/c1-11(12-7-4-3-5-8-12)17-15(22)18-16-20-19-13(24-16)9-6-10-14(21)23-2/h3-5,7-8,11H,6,9-10H2,1-2H3,(H2,17,18,20,22)/t11-/m1/s1. The van der Waals surface area contributed by atoms with Crippen LogP contribution in [0.15, 0.2) is 30.3 Å². The Morgan fingerprint density at radius 2 is 2.00 bits per heavy atom. The number of hydrogen-bond acceptors (Lipinski definition) is 6. The van der Waals surface area contributed by atoms with E-state index in [1.165, 1.54) is 18.4 Å². The van der Waals surface area contributed by atoms with Crippen molar-refractivity contribution >= 4 is 28.5 Å². The predicted molar refractivity (Wildman–Crippen MR) is 91.9 cm³/mol. The Hall–Kier alpha value is -2.48. The molecule has 0 saturated heterocycles. The molecule has 0 spiro atoms. The lowest BCUT2D eigenvalue weighted by Gasteiger charge is -2.13. The van der Waals surface area contributed by atoms with Crippen molar-refractivity contribution in [2.75, 3.05) is 12.4 Å². The SMILES string of the molecule is COC(=O)CCCc1nnc(NC(=O)N[C@H](C)c2ccccc2)s1. The maximum atomic E-state index is 12.0. The van der Waals surface area contributed by atoms with E-state index in [0.29, 0.717) is 24.4 Å². The van der Waals surface area contributed by atoms with Gasteiger partial charge in [-0.3, -0.25) is 10.1 Å². The third-order valence-electron chi connectivity index (χ3n) is 3.33. The highest BCUT2D eigenvalue weighted by Gasteiger charge is 2.12. The van der Waals surface area contributed by atoms with E-state index in [9.17, 15) is 9.59 Å². The van der Waals surface area contributed by atoms with Crippen molar-refractivity contribution in [2.24, 2.45) is 0 Å². The summed E-state index contributed by atoms with van der Waals surface area (Å²) in [5, 5.41) is 14.7. The van der Waals surface area contributed by atoms with Crippen molar-refractivity contribution in [1.82, 2.24) is 15.5 Å². The second kappa shape index (κ2) is 8.97. The number of amides is 2. The van der Waals surface area contributed by atoms with Gasteiger partial charge in [-0.1, -0.05) is 41.7 Å². The number of rotatable bonds is 7. The molecule has 2 amide bonds. The molecule has 0 radical (unpaired) electrons. The Labute approximate surface area is 144 Å². The molecule has 0 bridgehead atoms. The number of carbonyl (C=O) groups excluding carboxylic acids is 2. The number of methoxy groups -OCH3 is 1. The second-order valence-corrected chi connectivity index (χ2v) is 6.22. The summed E-state index contributed by atoms with van der Waals surface area (Å²) in [5.41, 5.74) is 1.02. The molecule has 2 rings (SSSR count). The summed E-state index contributed by atoms with van der Waals surface area (Å²) in [6.07, 6.45) is 1.60. The molecule has 2 N–H and O–H groups in total. The molecule has 1 aromatic heterocycles. The highest BCUT2D eigenvalue weighted by atomic mass is 32.1. The van der Waals surface area contributed by atoms with Gasteiger partial charge in [0.25, 0.3) is 0 Å². The van der Waals surface area contributed by atoms with Crippen LogP contribution < -0.4 is 10.6 Å². The Bertz CT molecular complexity index is 675. The summed E-state index contributed by atoms with van der Waals surface area (Å²) < 4.78 is 4.58. The van der Waals surface area contributed by atoms with E-state index in [0.717, 1.165) is 10.6 Å². The average Bonchev–Trinajstić information content (AvgIpc) is 3.02. The van der Waals surface area contributed by atoms with Crippen LogP contribution in [0.5, 0.6) is 0 Å². The smallest absolute Gasteiger partial charge is 0.321 e. The van der Waals surface area contributed by atoms with Gasteiger partial charge in [-0.15, -0.1) is 10.2 Å². The highest BCUT2D eigenvalue weighted by Crippen LogP contribution is 2.18. The number of nitrogens with zero attached hydrogens (tertiary/aromatic N) is 2. The summed E-state index contributed by atoms with van der Waals surface area (Å²) >= 11 is 1.30. The summed E-state index contributed by atoms with van der Waals surface area (Å²) in [6, 6.07) is 9.25. The molecule has 0 unspecified atom stereocenters. The molecule has 7 nitrogen and oxygen atoms in total. The maximum absolute atomic E-state index is 12.0. The van der Waals surface area contributed by atoms with Gasteiger partial charge in [0.15, 0.2) is 0 Å². The number of aromatic nitrogens is 2. The molecule has 0 aliphatic heterocycles. The molecule has 0 aliphatic carbocycles. The Kier molecular flexibility index (Phi) is 6.68. The average molecular weight is 348 g/mol. The van der Waals surface area contributed by atoms with Crippen molar-refractivity contribution in [3.8, 4) is 0 Å². The fourth-order valence-electron chi connectivity index (χ4n) is 2.05. The fourth-order valence-corrected chi connectivity index (χ4v) is 2.82. The lowest BCUT2D eigenvalue weighted by atomic mass is 10.1. The molecule has 24 heavy (non-hydrogen) atoms. The van der Waals surface area contributed by atoms with Crippen LogP contribution in [0.1, 0.15) is 36.4 Å². The number of hydrogen-bond donors (Lipinski definition) is 2. The number of carbonyl (C=O) groups is 2. The van der Waals surface area contributed by atoms with Crippen LogP contribution in [0.3, 0.4) is 0 Å². The molecule has 1 aromatic carbocycles. The monoisotopic (exact) mass is 348 g/mol. The number of esters is 1. The first-order valence-corrected chi connectivity index (χ1v) is 8.42. The molecule has 0 fully saturated rings. The zero-order valence-electron chi connectivity index (χ0n) is 13.6. The van der Waals surface area contributed by atoms with Crippen LogP contribution in [0.25, 0.3) is 0 Å². The van der Waals surface area contributed by atoms with Crippen LogP contribution in [-0.2, 0) is 16.0 Å². The van der Waals surface area contributed by atoms with E-state index >= 15 is 0 Å². The molecular weight excluding hydrogens is 328 g/mol. The van der Waals surface area contributed by atoms with Crippen LogP contribution in [-0.4, -0.2) is 29.3 Å². The maximum Gasteiger partial charge on any atom is 0.321 e. The van der Waals surface area contributed by atoms with Gasteiger partial charge in [-0.2, -0.15) is 0 Å². The lowest BCUT2D eigenvalue weighted by molar-refractivity contribution is -0.140. The predicted octanol–water partition coefficient (Wildman–Crippen LogP) is 2.92. The van der Waals surface area contributed by atoms with Gasteiger partial charge in [0.2, 0.25) is 5.13 Å². The Morgan fingerprint density at radius 1 is 1.25 bits per heavy atom. The first kappa shape index (κ1) is 17.9. The van der Waals surface area contributed by atoms with E-state index in [1.807, 2.05) is 37.3 Å². The minimum Gasteiger partial charge on any atom is -0.469 e. The van der Waals surface area contributed by atoms with Crippen molar-refractivity contribution in [3.63, 3.8) is 0 Å². The number of urea groups is 1. The quantitative estimate of drug-likeness (QED) is 0.751. The van der Waals surface area contributed by atoms with E-state index in [4.69, 9.17) is 0 Å². The van der Waals surface area contributed by atoms with Crippen molar-refractivity contribution in [2.45, 2.75) is 32.2 Å². The van der Waals surface area contributed by atoms with Crippen LogP contribution in [0, 0.1) is 0 Å². The van der Waals surface area contributed by atoms with Gasteiger partial charge >= 0.3 is 12.0 Å². The Morgan fingerprint density at radius 3 is 2.71 bits per heavy atom. The third kappa shape index (κ3) is 5.62. The normalized spacial score (nSPS) is 11.6. The van der Waals surface area contributed by atoms with Gasteiger partial charge in [0, 0.05) is 12.8 Å². The summed E-state index contributed by atoms with van der Waals surface area (Å²) in [4.78, 5) is 23.1. The number of anilines is 1. The van der Waals surface area contributed by atoms with Crippen molar-refractivity contribution in [1.29, 1.82) is 0 Å². The molecular formula is C16H20N4O3S. The number of aryl methyl sites for hydroxylation is 1. The minimum absolute atomic E-state index is 0.112. The number of nitrogens with one attached hydrogen (secondary N) is 2. The van der Waals surface area contributed by atoms with E-state index < -0.39 is 0 Å². The summed E-state index contributed by atoms with van der Waals surface area (Å²) in [6.45, 7) is 1.91. The first-order valence-electron chi connectivity index (χ1n) is 7.60. The van der Waals surface area contributed by atoms with Gasteiger partial charge in [0.05, 0.1) is 13.2 Å². The summed E-state index contributed by atoms with van der Waals surface area (Å²) in [5.74, 6) is -0.243. The molecule has 8 heteroatoms. The topological polar surface area (TPSA) is 93.2 Å². The number of ether oxygens (including phenoxy) is 1. The van der Waals surface area contributed by atoms with Crippen molar-refractivity contribution < 1.29 is 14.3 Å². The fraction of sp³-hybridized carbons (Fsp3) is 0.375. The van der Waals surface area contributed by atoms with Gasteiger partial charge in [-0.05, 0) is 18.9 Å². The first-order chi connectivity index (χ1) is 11.6. The highest BCUT2D eigenvalue weighted by molar-refractivity contribution is 7.15. The van der Waals surface area contributed by atoms with E-state index in [2.05, 4.69) is 25.6 Å². The van der Waals surface area contributed by atoms with Crippen LogP contribution >= 0.6 is 11.3 Å². The van der Waals surface area contributed by atoms with Gasteiger partial charge in [-0.25, -0.2) is 4.79 Å². The Balaban J connectivity index is 1.79. The van der Waals surface area contributed by atoms with Crippen molar-refractivity contribution in [3.05, 3.63) is 40.9 Å². The molecule has 1 atom stereocenters. The zero-order chi connectivity index (χ0) is 17.4. The second-order valence-electron chi connectivity index (χ2n) is 5.16. The summed E-state index contributed by atoms with van der Waals surface area (Å²) in [7, 11) is 1.37. The minimum atomic E-state index is -0.330. The molecule has 0 aliphatic rings. The zero-order valence-corrected chi connectivity index (χ0v) is 14.4. The molecule has 2 aromatic rings.